The van der Waals surface area contributed by atoms with Gasteiger partial charge >= 0.3 is 0 Å². The normalized spacial score (nSPS) is 25.0. The first-order chi connectivity index (χ1) is 11.7. The third-order valence-corrected chi connectivity index (χ3v) is 5.62. The fourth-order valence-corrected chi connectivity index (χ4v) is 4.24. The molecule has 2 saturated heterocycles. The quantitative estimate of drug-likeness (QED) is 0.826. The van der Waals surface area contributed by atoms with Gasteiger partial charge in [0, 0.05) is 18.6 Å². The van der Waals surface area contributed by atoms with Crippen LogP contribution < -0.4 is 4.74 Å². The van der Waals surface area contributed by atoms with Gasteiger partial charge in [-0.25, -0.2) is 0 Å². The first kappa shape index (κ1) is 17.3. The van der Waals surface area contributed by atoms with E-state index in [1.807, 2.05) is 12.1 Å². The summed E-state index contributed by atoms with van der Waals surface area (Å²) in [6.45, 7) is 4.73. The Bertz CT molecular complexity index is 543. The molecule has 0 unspecified atom stereocenters. The molecule has 0 radical (unpaired) electrons. The third-order valence-electron chi connectivity index (χ3n) is 5.62. The summed E-state index contributed by atoms with van der Waals surface area (Å²) in [7, 11) is 1.69. The molecule has 0 saturated carbocycles. The number of piperidine rings is 1. The highest BCUT2D eigenvalue weighted by Gasteiger charge is 2.31. The number of carbonyl (C=O) groups excluding carboxylic acids is 1. The van der Waals surface area contributed by atoms with E-state index in [9.17, 15) is 4.79 Å². The van der Waals surface area contributed by atoms with Crippen LogP contribution in [0.25, 0.3) is 0 Å². The number of nitrogens with zero attached hydrogens (tertiary/aromatic N) is 2. The van der Waals surface area contributed by atoms with E-state index in [2.05, 4.69) is 28.9 Å². The molecule has 132 valence electrons. The molecular formula is C20H30N2O2. The summed E-state index contributed by atoms with van der Waals surface area (Å²) in [5.41, 5.74) is 1.30. The first-order valence-corrected chi connectivity index (χ1v) is 9.40. The molecule has 2 fully saturated rings. The highest BCUT2D eigenvalue weighted by atomic mass is 16.5. The fraction of sp³-hybridized carbons (Fsp3) is 0.650. The molecule has 4 heteroatoms. The summed E-state index contributed by atoms with van der Waals surface area (Å²) >= 11 is 0. The van der Waals surface area contributed by atoms with Gasteiger partial charge in [0.2, 0.25) is 5.91 Å². The van der Waals surface area contributed by atoms with Crippen molar-refractivity contribution in [3.05, 3.63) is 29.8 Å². The Morgan fingerprint density at radius 2 is 1.92 bits per heavy atom. The SMILES string of the molecule is CC[C@H]1CCCCN1C(=O)CN1CCC[C@@H]1c1ccc(OC)cc1. The molecule has 0 aromatic heterocycles. The molecule has 1 aromatic carbocycles. The molecule has 1 amide bonds. The number of hydrogen-bond donors (Lipinski definition) is 0. The topological polar surface area (TPSA) is 32.8 Å². The largest absolute Gasteiger partial charge is 0.497 e. The Balaban J connectivity index is 1.65. The lowest BCUT2D eigenvalue weighted by Gasteiger charge is -2.37. The van der Waals surface area contributed by atoms with Gasteiger partial charge in [0.25, 0.3) is 0 Å². The van der Waals surface area contributed by atoms with Crippen LogP contribution in [0, 0.1) is 0 Å². The summed E-state index contributed by atoms with van der Waals surface area (Å²) in [6, 6.07) is 9.14. The molecule has 1 aromatic rings. The molecule has 2 heterocycles. The van der Waals surface area contributed by atoms with Crippen LogP contribution in [0.4, 0.5) is 0 Å². The second kappa shape index (κ2) is 8.02. The molecule has 0 aliphatic carbocycles. The van der Waals surface area contributed by atoms with E-state index >= 15 is 0 Å². The molecule has 2 atom stereocenters. The van der Waals surface area contributed by atoms with Crippen molar-refractivity contribution in [1.29, 1.82) is 0 Å². The van der Waals surface area contributed by atoms with Crippen LogP contribution in [0.1, 0.15) is 57.1 Å². The smallest absolute Gasteiger partial charge is 0.237 e. The maximum Gasteiger partial charge on any atom is 0.237 e. The standard InChI is InChI=1S/C20H30N2O2/c1-3-17-7-4-5-14-22(17)20(23)15-21-13-6-8-19(21)16-9-11-18(24-2)12-10-16/h9-12,17,19H,3-8,13-15H2,1-2H3/t17-,19+/m0/s1. The summed E-state index contributed by atoms with van der Waals surface area (Å²) in [5.74, 6) is 1.21. The zero-order valence-electron chi connectivity index (χ0n) is 15.0. The van der Waals surface area contributed by atoms with Crippen molar-refractivity contribution in [2.45, 2.75) is 57.5 Å². The molecular weight excluding hydrogens is 300 g/mol. The van der Waals surface area contributed by atoms with E-state index in [0.29, 0.717) is 24.5 Å². The van der Waals surface area contributed by atoms with Gasteiger partial charge in [0.05, 0.1) is 13.7 Å². The maximum atomic E-state index is 12.9. The van der Waals surface area contributed by atoms with Gasteiger partial charge < -0.3 is 9.64 Å². The minimum Gasteiger partial charge on any atom is -0.497 e. The van der Waals surface area contributed by atoms with E-state index in [-0.39, 0.29) is 0 Å². The molecule has 0 bridgehead atoms. The van der Waals surface area contributed by atoms with Gasteiger partial charge in [-0.15, -0.1) is 0 Å². The van der Waals surface area contributed by atoms with Gasteiger partial charge in [0.15, 0.2) is 0 Å². The van der Waals surface area contributed by atoms with Crippen LogP contribution in [0.2, 0.25) is 0 Å². The highest BCUT2D eigenvalue weighted by molar-refractivity contribution is 5.78. The number of likely N-dealkylation sites (tertiary alicyclic amines) is 2. The molecule has 0 N–H and O–H groups in total. The van der Waals surface area contributed by atoms with Crippen molar-refractivity contribution in [2.75, 3.05) is 26.7 Å². The predicted octanol–water partition coefficient (Wildman–Crippen LogP) is 3.62. The minimum absolute atomic E-state index is 0.321. The van der Waals surface area contributed by atoms with Gasteiger partial charge in [-0.05, 0) is 62.8 Å². The second-order valence-electron chi connectivity index (χ2n) is 7.05. The lowest BCUT2D eigenvalue weighted by molar-refractivity contribution is -0.136. The average Bonchev–Trinajstić information content (AvgIpc) is 3.09. The number of ether oxygens (including phenoxy) is 1. The van der Waals surface area contributed by atoms with Crippen LogP contribution in [0.3, 0.4) is 0 Å². The first-order valence-electron chi connectivity index (χ1n) is 9.40. The van der Waals surface area contributed by atoms with Crippen molar-refractivity contribution in [2.24, 2.45) is 0 Å². The van der Waals surface area contributed by atoms with Crippen LogP contribution in [-0.4, -0.2) is 48.5 Å². The van der Waals surface area contributed by atoms with Crippen LogP contribution in [-0.2, 0) is 4.79 Å². The fourth-order valence-electron chi connectivity index (χ4n) is 4.24. The van der Waals surface area contributed by atoms with Gasteiger partial charge in [0.1, 0.15) is 5.75 Å². The monoisotopic (exact) mass is 330 g/mol. The third kappa shape index (κ3) is 3.75. The molecule has 24 heavy (non-hydrogen) atoms. The number of carbonyl (C=O) groups is 1. The van der Waals surface area contributed by atoms with E-state index in [1.54, 1.807) is 7.11 Å². The highest BCUT2D eigenvalue weighted by Crippen LogP contribution is 2.33. The van der Waals surface area contributed by atoms with E-state index in [1.165, 1.54) is 24.8 Å². The van der Waals surface area contributed by atoms with Gasteiger partial charge in [-0.1, -0.05) is 19.1 Å². The van der Waals surface area contributed by atoms with Crippen molar-refractivity contribution in [3.8, 4) is 5.75 Å². The summed E-state index contributed by atoms with van der Waals surface area (Å²) in [4.78, 5) is 17.4. The van der Waals surface area contributed by atoms with Crippen molar-refractivity contribution in [3.63, 3.8) is 0 Å². The van der Waals surface area contributed by atoms with E-state index < -0.39 is 0 Å². The number of rotatable bonds is 5. The van der Waals surface area contributed by atoms with E-state index in [0.717, 1.165) is 38.1 Å². The van der Waals surface area contributed by atoms with Crippen molar-refractivity contribution in [1.82, 2.24) is 9.80 Å². The summed E-state index contributed by atoms with van der Waals surface area (Å²) < 4.78 is 5.25. The van der Waals surface area contributed by atoms with E-state index in [4.69, 9.17) is 4.74 Å². The molecule has 2 aliphatic rings. The number of benzene rings is 1. The minimum atomic E-state index is 0.321. The number of hydrogen-bond acceptors (Lipinski definition) is 3. The Kier molecular flexibility index (Phi) is 5.77. The van der Waals surface area contributed by atoms with Crippen LogP contribution in [0.15, 0.2) is 24.3 Å². The second-order valence-corrected chi connectivity index (χ2v) is 7.05. The van der Waals surface area contributed by atoms with Crippen LogP contribution in [0.5, 0.6) is 5.75 Å². The molecule has 3 rings (SSSR count). The Labute approximate surface area is 145 Å². The Hall–Kier alpha value is -1.55. The molecule has 2 aliphatic heterocycles. The van der Waals surface area contributed by atoms with Gasteiger partial charge in [-0.3, -0.25) is 9.69 Å². The van der Waals surface area contributed by atoms with Crippen molar-refractivity contribution >= 4 is 5.91 Å². The lowest BCUT2D eigenvalue weighted by atomic mass is 10.00. The number of methoxy groups -OCH3 is 1. The zero-order valence-corrected chi connectivity index (χ0v) is 15.0. The number of amides is 1. The van der Waals surface area contributed by atoms with Crippen molar-refractivity contribution < 1.29 is 9.53 Å². The zero-order chi connectivity index (χ0) is 16.9. The Morgan fingerprint density at radius 1 is 1.12 bits per heavy atom. The Morgan fingerprint density at radius 3 is 2.62 bits per heavy atom. The predicted molar refractivity (Wildman–Crippen MR) is 96.2 cm³/mol. The molecule has 4 nitrogen and oxygen atoms in total. The summed E-state index contributed by atoms with van der Waals surface area (Å²) in [5, 5.41) is 0. The average molecular weight is 330 g/mol. The summed E-state index contributed by atoms with van der Waals surface area (Å²) in [6.07, 6.45) is 6.97. The lowest BCUT2D eigenvalue weighted by Crippen LogP contribution is -2.47. The van der Waals surface area contributed by atoms with Crippen LogP contribution >= 0.6 is 0 Å². The maximum absolute atomic E-state index is 12.9. The van der Waals surface area contributed by atoms with Gasteiger partial charge in [-0.2, -0.15) is 0 Å². The molecule has 0 spiro atoms.